The van der Waals surface area contributed by atoms with Gasteiger partial charge in [-0.3, -0.25) is 9.59 Å². The lowest BCUT2D eigenvalue weighted by Gasteiger charge is -2.18. The molecular formula is C25H23NO4. The monoisotopic (exact) mass is 401 g/mol. The van der Waals surface area contributed by atoms with Gasteiger partial charge in [0.05, 0.1) is 11.1 Å². The molecule has 1 amide bonds. The smallest absolute Gasteiger partial charge is 0.339 e. The van der Waals surface area contributed by atoms with Gasteiger partial charge in [-0.25, -0.2) is 4.79 Å². The Balaban J connectivity index is 1.72. The summed E-state index contributed by atoms with van der Waals surface area (Å²) in [6, 6.07) is 22.8. The molecule has 0 saturated heterocycles. The van der Waals surface area contributed by atoms with Crippen molar-refractivity contribution in [1.29, 1.82) is 0 Å². The topological polar surface area (TPSA) is 63.7 Å². The molecule has 0 bridgehead atoms. The lowest BCUT2D eigenvalue weighted by molar-refractivity contribution is 0.0472. The predicted octanol–water partition coefficient (Wildman–Crippen LogP) is 4.57. The van der Waals surface area contributed by atoms with Crippen LogP contribution < -0.4 is 4.90 Å². The standard InChI is InChI=1S/C25H23NO4/c1-3-18-13-15-19(16-14-18)23(27)17-30-25(29)22-12-8-7-11-21(22)24(28)26(2)20-9-5-4-6-10-20/h4-16H,3,17H2,1-2H3. The van der Waals surface area contributed by atoms with Gasteiger partial charge in [-0.15, -0.1) is 0 Å². The first-order valence-corrected chi connectivity index (χ1v) is 9.72. The van der Waals surface area contributed by atoms with E-state index in [-0.39, 0.29) is 29.4 Å². The zero-order valence-electron chi connectivity index (χ0n) is 17.0. The van der Waals surface area contributed by atoms with Crippen LogP contribution in [0.1, 0.15) is 43.6 Å². The third-order valence-corrected chi connectivity index (χ3v) is 4.84. The molecule has 3 rings (SSSR count). The van der Waals surface area contributed by atoms with Crippen LogP contribution in [0.5, 0.6) is 0 Å². The second-order valence-corrected chi connectivity index (χ2v) is 6.80. The van der Waals surface area contributed by atoms with Crippen LogP contribution in [0.4, 0.5) is 5.69 Å². The Morgan fingerprint density at radius 1 is 0.800 bits per heavy atom. The Hall–Kier alpha value is -3.73. The molecular weight excluding hydrogens is 378 g/mol. The van der Waals surface area contributed by atoms with E-state index in [0.29, 0.717) is 11.3 Å². The van der Waals surface area contributed by atoms with Gasteiger partial charge in [-0.05, 0) is 36.2 Å². The third-order valence-electron chi connectivity index (χ3n) is 4.84. The van der Waals surface area contributed by atoms with E-state index in [1.54, 1.807) is 49.5 Å². The molecule has 5 heteroatoms. The van der Waals surface area contributed by atoms with Crippen LogP contribution in [0.3, 0.4) is 0 Å². The number of para-hydroxylation sites is 1. The maximum Gasteiger partial charge on any atom is 0.339 e. The number of anilines is 1. The van der Waals surface area contributed by atoms with E-state index in [4.69, 9.17) is 4.74 Å². The van der Waals surface area contributed by atoms with E-state index in [1.807, 2.05) is 37.3 Å². The number of aryl methyl sites for hydroxylation is 1. The van der Waals surface area contributed by atoms with Gasteiger partial charge in [0.25, 0.3) is 5.91 Å². The number of carbonyl (C=O) groups excluding carboxylic acids is 3. The summed E-state index contributed by atoms with van der Waals surface area (Å²) in [5, 5.41) is 0. The number of rotatable bonds is 7. The summed E-state index contributed by atoms with van der Waals surface area (Å²) in [4.78, 5) is 39.4. The third kappa shape index (κ3) is 4.81. The van der Waals surface area contributed by atoms with Crippen molar-refractivity contribution in [2.45, 2.75) is 13.3 Å². The number of esters is 1. The zero-order chi connectivity index (χ0) is 21.5. The average molecular weight is 401 g/mol. The molecule has 0 aromatic heterocycles. The molecule has 30 heavy (non-hydrogen) atoms. The molecule has 3 aromatic carbocycles. The molecule has 3 aromatic rings. The minimum absolute atomic E-state index is 0.124. The van der Waals surface area contributed by atoms with E-state index in [0.717, 1.165) is 12.0 Å². The lowest BCUT2D eigenvalue weighted by Crippen LogP contribution is -2.28. The van der Waals surface area contributed by atoms with Crippen molar-refractivity contribution in [3.8, 4) is 0 Å². The predicted molar refractivity (Wildman–Crippen MR) is 116 cm³/mol. The van der Waals surface area contributed by atoms with Gasteiger partial charge in [-0.1, -0.05) is 61.5 Å². The van der Waals surface area contributed by atoms with E-state index < -0.39 is 5.97 Å². The molecule has 0 saturated carbocycles. The number of hydrogen-bond donors (Lipinski definition) is 0. The largest absolute Gasteiger partial charge is 0.454 e. The van der Waals surface area contributed by atoms with Crippen LogP contribution in [-0.4, -0.2) is 31.3 Å². The van der Waals surface area contributed by atoms with Gasteiger partial charge in [0.15, 0.2) is 12.4 Å². The van der Waals surface area contributed by atoms with Gasteiger partial charge < -0.3 is 9.64 Å². The first kappa shape index (κ1) is 21.0. The molecule has 0 heterocycles. The molecule has 0 unspecified atom stereocenters. The van der Waals surface area contributed by atoms with Crippen LogP contribution in [0.15, 0.2) is 78.9 Å². The van der Waals surface area contributed by atoms with Gasteiger partial charge in [-0.2, -0.15) is 0 Å². The maximum atomic E-state index is 12.9. The molecule has 152 valence electrons. The van der Waals surface area contributed by atoms with E-state index in [1.165, 1.54) is 11.0 Å². The number of carbonyl (C=O) groups is 3. The summed E-state index contributed by atoms with van der Waals surface area (Å²) in [6.07, 6.45) is 0.881. The van der Waals surface area contributed by atoms with Crippen molar-refractivity contribution in [3.05, 3.63) is 101 Å². The van der Waals surface area contributed by atoms with Crippen LogP contribution in [0.2, 0.25) is 0 Å². The quantitative estimate of drug-likeness (QED) is 0.430. The summed E-state index contributed by atoms with van der Waals surface area (Å²) in [7, 11) is 1.64. The van der Waals surface area contributed by atoms with Crippen LogP contribution in [0.25, 0.3) is 0 Å². The molecule has 0 radical (unpaired) electrons. The Labute approximate surface area is 175 Å². The Bertz CT molecular complexity index is 1040. The molecule has 0 N–H and O–H groups in total. The van der Waals surface area contributed by atoms with E-state index in [2.05, 4.69) is 0 Å². The van der Waals surface area contributed by atoms with Crippen molar-refractivity contribution in [3.63, 3.8) is 0 Å². The van der Waals surface area contributed by atoms with Gasteiger partial charge in [0.2, 0.25) is 0 Å². The highest BCUT2D eigenvalue weighted by molar-refractivity contribution is 6.12. The minimum Gasteiger partial charge on any atom is -0.454 e. The Morgan fingerprint density at radius 2 is 1.40 bits per heavy atom. The highest BCUT2D eigenvalue weighted by Crippen LogP contribution is 2.18. The first-order valence-electron chi connectivity index (χ1n) is 9.72. The summed E-state index contributed by atoms with van der Waals surface area (Å²) in [5.74, 6) is -1.34. The number of ether oxygens (including phenoxy) is 1. The van der Waals surface area contributed by atoms with E-state index in [9.17, 15) is 14.4 Å². The zero-order valence-corrected chi connectivity index (χ0v) is 17.0. The summed E-state index contributed by atoms with van der Waals surface area (Å²) in [5.41, 5.74) is 2.65. The average Bonchev–Trinajstić information content (AvgIpc) is 2.82. The fraction of sp³-hybridized carbons (Fsp3) is 0.160. The summed E-state index contributed by atoms with van der Waals surface area (Å²) < 4.78 is 5.22. The maximum absolute atomic E-state index is 12.9. The molecule has 0 aliphatic carbocycles. The lowest BCUT2D eigenvalue weighted by atomic mass is 10.1. The molecule has 0 fully saturated rings. The van der Waals surface area contributed by atoms with Gasteiger partial charge >= 0.3 is 5.97 Å². The van der Waals surface area contributed by atoms with Crippen LogP contribution >= 0.6 is 0 Å². The molecule has 0 aliphatic rings. The summed E-state index contributed by atoms with van der Waals surface area (Å²) >= 11 is 0. The van der Waals surface area contributed by atoms with Crippen LogP contribution in [0, 0.1) is 0 Å². The highest BCUT2D eigenvalue weighted by atomic mass is 16.5. The van der Waals surface area contributed by atoms with Crippen molar-refractivity contribution in [2.24, 2.45) is 0 Å². The van der Waals surface area contributed by atoms with Gasteiger partial charge in [0, 0.05) is 18.3 Å². The Kier molecular flexibility index (Phi) is 6.75. The minimum atomic E-state index is -0.709. The highest BCUT2D eigenvalue weighted by Gasteiger charge is 2.22. The normalized spacial score (nSPS) is 10.3. The summed E-state index contributed by atoms with van der Waals surface area (Å²) in [6.45, 7) is 1.65. The number of nitrogens with zero attached hydrogens (tertiary/aromatic N) is 1. The number of amides is 1. The fourth-order valence-electron chi connectivity index (χ4n) is 3.02. The first-order chi connectivity index (χ1) is 14.5. The number of ketones is 1. The fourth-order valence-corrected chi connectivity index (χ4v) is 3.02. The van der Waals surface area contributed by atoms with Gasteiger partial charge in [0.1, 0.15) is 0 Å². The molecule has 5 nitrogen and oxygen atoms in total. The Morgan fingerprint density at radius 3 is 2.03 bits per heavy atom. The molecule has 0 spiro atoms. The molecule has 0 atom stereocenters. The van der Waals surface area contributed by atoms with Crippen LogP contribution in [-0.2, 0) is 11.2 Å². The second-order valence-electron chi connectivity index (χ2n) is 6.80. The van der Waals surface area contributed by atoms with Crippen molar-refractivity contribution < 1.29 is 19.1 Å². The van der Waals surface area contributed by atoms with E-state index >= 15 is 0 Å². The number of hydrogen-bond acceptors (Lipinski definition) is 4. The van der Waals surface area contributed by atoms with Crippen molar-refractivity contribution in [2.75, 3.05) is 18.6 Å². The van der Waals surface area contributed by atoms with Crippen molar-refractivity contribution in [1.82, 2.24) is 0 Å². The van der Waals surface area contributed by atoms with Crippen molar-refractivity contribution >= 4 is 23.3 Å². The number of benzene rings is 3. The number of Topliss-reactive ketones (excluding diaryl/α,β-unsaturated/α-hetero) is 1. The molecule has 0 aliphatic heterocycles. The SMILES string of the molecule is CCc1ccc(C(=O)COC(=O)c2ccccc2C(=O)N(C)c2ccccc2)cc1. The second kappa shape index (κ2) is 9.65.